The van der Waals surface area contributed by atoms with Crippen LogP contribution in [0.25, 0.3) is 0 Å². The summed E-state index contributed by atoms with van der Waals surface area (Å²) < 4.78 is 35.0. The van der Waals surface area contributed by atoms with Gasteiger partial charge in [-0.2, -0.15) is 18.2 Å². The molecule has 6 N–H and O–H groups in total. The van der Waals surface area contributed by atoms with Gasteiger partial charge in [0.05, 0.1) is 5.75 Å². The highest BCUT2D eigenvalue weighted by molar-refractivity contribution is 8.14. The van der Waals surface area contributed by atoms with E-state index in [0.29, 0.717) is 11.8 Å². The molecule has 0 aromatic rings. The van der Waals surface area contributed by atoms with Crippen LogP contribution in [0.5, 0.6) is 0 Å². The van der Waals surface area contributed by atoms with Crippen LogP contribution in [0, 0.1) is 5.41 Å². The number of aliphatic imine (C=N–C) groups is 1. The van der Waals surface area contributed by atoms with E-state index in [1.165, 1.54) is 0 Å². The number of guanidine groups is 1. The maximum Gasteiger partial charge on any atom is 0.405 e. The lowest BCUT2D eigenvalue weighted by molar-refractivity contribution is -0.136. The summed E-state index contributed by atoms with van der Waals surface area (Å²) in [5, 5.41) is 8.37. The number of halogens is 3. The van der Waals surface area contributed by atoms with Crippen molar-refractivity contribution in [1.29, 1.82) is 5.41 Å². The second kappa shape index (κ2) is 6.20. The zero-order chi connectivity index (χ0) is 12.8. The Balaban J connectivity index is 3.83. The molecule has 0 bridgehead atoms. The number of alkyl halides is 3. The van der Waals surface area contributed by atoms with Gasteiger partial charge >= 0.3 is 6.18 Å². The molecule has 0 spiro atoms. The largest absolute Gasteiger partial charge is 0.405 e. The Morgan fingerprint density at radius 1 is 1.44 bits per heavy atom. The standard InChI is InChI=1S/C6H10F3N5OS/c7-6(8,9)2-13-3(15)1-16-5(12)14-4(10)11/h1-2H2,(H,13,15)(H5,10,11,12,14). The van der Waals surface area contributed by atoms with E-state index in [1.54, 1.807) is 5.32 Å². The summed E-state index contributed by atoms with van der Waals surface area (Å²) in [6.07, 6.45) is -4.45. The fourth-order valence-electron chi connectivity index (χ4n) is 0.533. The Morgan fingerprint density at radius 3 is 2.44 bits per heavy atom. The van der Waals surface area contributed by atoms with E-state index in [0.717, 1.165) is 0 Å². The Bertz CT molecular complexity index is 299. The number of rotatable bonds is 3. The fourth-order valence-corrected chi connectivity index (χ4v) is 1.07. The predicted molar refractivity (Wildman–Crippen MR) is 55.1 cm³/mol. The minimum atomic E-state index is -4.45. The summed E-state index contributed by atoms with van der Waals surface area (Å²) in [7, 11) is 0. The number of carbonyl (C=O) groups is 1. The monoisotopic (exact) mass is 257 g/mol. The van der Waals surface area contributed by atoms with E-state index < -0.39 is 18.6 Å². The second-order valence-corrected chi connectivity index (χ2v) is 3.49. The quantitative estimate of drug-likeness (QED) is 0.406. The van der Waals surface area contributed by atoms with Crippen LogP contribution in [0.3, 0.4) is 0 Å². The van der Waals surface area contributed by atoms with Gasteiger partial charge in [0, 0.05) is 0 Å². The molecule has 0 aliphatic heterocycles. The van der Waals surface area contributed by atoms with Gasteiger partial charge in [-0.25, -0.2) is 0 Å². The number of amides is 1. The van der Waals surface area contributed by atoms with Crippen LogP contribution in [-0.4, -0.2) is 35.5 Å². The van der Waals surface area contributed by atoms with E-state index in [9.17, 15) is 18.0 Å². The van der Waals surface area contributed by atoms with Crippen molar-refractivity contribution in [1.82, 2.24) is 5.32 Å². The lowest BCUT2D eigenvalue weighted by Crippen LogP contribution is -2.35. The van der Waals surface area contributed by atoms with Crippen molar-refractivity contribution in [3.05, 3.63) is 0 Å². The molecule has 0 atom stereocenters. The van der Waals surface area contributed by atoms with Crippen molar-refractivity contribution in [2.45, 2.75) is 6.18 Å². The first-order chi connectivity index (χ1) is 7.20. The lowest BCUT2D eigenvalue weighted by atomic mass is 10.6. The molecule has 0 aromatic heterocycles. The van der Waals surface area contributed by atoms with Crippen LogP contribution < -0.4 is 16.8 Å². The topological polar surface area (TPSA) is 117 Å². The summed E-state index contributed by atoms with van der Waals surface area (Å²) in [6, 6.07) is 0. The molecule has 0 radical (unpaired) electrons. The van der Waals surface area contributed by atoms with Crippen molar-refractivity contribution in [3.8, 4) is 0 Å². The van der Waals surface area contributed by atoms with Gasteiger partial charge in [0.1, 0.15) is 6.54 Å². The van der Waals surface area contributed by atoms with Gasteiger partial charge in [0.2, 0.25) is 5.91 Å². The molecule has 0 saturated carbocycles. The molecular formula is C6H10F3N5OS. The van der Waals surface area contributed by atoms with Crippen LogP contribution in [0.4, 0.5) is 13.2 Å². The molecule has 0 rings (SSSR count). The molecule has 0 aliphatic rings. The number of hydrogen-bond donors (Lipinski definition) is 4. The van der Waals surface area contributed by atoms with Gasteiger partial charge in [-0.05, 0) is 0 Å². The van der Waals surface area contributed by atoms with E-state index in [-0.39, 0.29) is 16.9 Å². The highest BCUT2D eigenvalue weighted by Gasteiger charge is 2.27. The van der Waals surface area contributed by atoms with E-state index in [4.69, 9.17) is 16.9 Å². The van der Waals surface area contributed by atoms with Gasteiger partial charge in [-0.15, -0.1) is 0 Å². The van der Waals surface area contributed by atoms with Crippen LogP contribution in [0.15, 0.2) is 4.99 Å². The first-order valence-electron chi connectivity index (χ1n) is 3.85. The maximum atomic E-state index is 11.7. The average molecular weight is 257 g/mol. The molecular weight excluding hydrogens is 247 g/mol. The fraction of sp³-hybridized carbons (Fsp3) is 0.500. The number of nitrogens with one attached hydrogen (secondary N) is 2. The highest BCUT2D eigenvalue weighted by Crippen LogP contribution is 2.12. The van der Waals surface area contributed by atoms with Crippen molar-refractivity contribution in [2.75, 3.05) is 12.3 Å². The van der Waals surface area contributed by atoms with E-state index >= 15 is 0 Å². The second-order valence-electron chi connectivity index (χ2n) is 2.52. The van der Waals surface area contributed by atoms with Gasteiger partial charge in [0.15, 0.2) is 11.1 Å². The zero-order valence-electron chi connectivity index (χ0n) is 7.97. The number of nitrogens with two attached hydrogens (primary N) is 2. The highest BCUT2D eigenvalue weighted by atomic mass is 32.2. The Hall–Kier alpha value is -1.45. The third-order valence-electron chi connectivity index (χ3n) is 1.06. The number of amidine groups is 1. The molecule has 0 heterocycles. The van der Waals surface area contributed by atoms with E-state index in [1.807, 2.05) is 0 Å². The molecule has 0 aromatic carbocycles. The molecule has 0 unspecified atom stereocenters. The Morgan fingerprint density at radius 2 is 2.00 bits per heavy atom. The summed E-state index contributed by atoms with van der Waals surface area (Å²) in [5.41, 5.74) is 9.88. The zero-order valence-corrected chi connectivity index (χ0v) is 8.78. The normalized spacial score (nSPS) is 10.7. The van der Waals surface area contributed by atoms with Crippen molar-refractivity contribution >= 4 is 28.8 Å². The molecule has 0 fully saturated rings. The number of hydrogen-bond acceptors (Lipinski definition) is 3. The predicted octanol–water partition coefficient (Wildman–Crippen LogP) is -0.394. The van der Waals surface area contributed by atoms with E-state index in [2.05, 4.69) is 4.99 Å². The van der Waals surface area contributed by atoms with Crippen LogP contribution in [0.2, 0.25) is 0 Å². The van der Waals surface area contributed by atoms with Crippen molar-refractivity contribution in [3.63, 3.8) is 0 Å². The third kappa shape index (κ3) is 9.12. The number of nitrogens with zero attached hydrogens (tertiary/aromatic N) is 1. The number of thioether (sulfide) groups is 1. The van der Waals surface area contributed by atoms with Crippen molar-refractivity contribution in [2.24, 2.45) is 16.5 Å². The van der Waals surface area contributed by atoms with Crippen LogP contribution in [-0.2, 0) is 4.79 Å². The molecule has 1 amide bonds. The maximum absolute atomic E-state index is 11.7. The molecule has 16 heavy (non-hydrogen) atoms. The summed E-state index contributed by atoms with van der Waals surface area (Å²) >= 11 is 0.620. The molecule has 10 heteroatoms. The summed E-state index contributed by atoms with van der Waals surface area (Å²) in [6.45, 7) is -1.40. The third-order valence-corrected chi connectivity index (χ3v) is 1.83. The smallest absolute Gasteiger partial charge is 0.370 e. The summed E-state index contributed by atoms with van der Waals surface area (Å²) in [5.74, 6) is -1.56. The first kappa shape index (κ1) is 14.6. The number of carbonyl (C=O) groups excluding carboxylic acids is 1. The Labute approximate surface area is 93.2 Å². The van der Waals surface area contributed by atoms with Gasteiger partial charge in [0.25, 0.3) is 0 Å². The van der Waals surface area contributed by atoms with Gasteiger partial charge < -0.3 is 16.8 Å². The van der Waals surface area contributed by atoms with Crippen LogP contribution >= 0.6 is 11.8 Å². The lowest BCUT2D eigenvalue weighted by Gasteiger charge is -2.07. The average Bonchev–Trinajstić information content (AvgIpc) is 2.09. The van der Waals surface area contributed by atoms with Crippen molar-refractivity contribution < 1.29 is 18.0 Å². The summed E-state index contributed by atoms with van der Waals surface area (Å²) in [4.78, 5) is 14.1. The molecule has 0 aliphatic carbocycles. The SMILES string of the molecule is N=C(N=C(N)N)SCC(=O)NCC(F)(F)F. The van der Waals surface area contributed by atoms with Gasteiger partial charge in [-0.3, -0.25) is 10.2 Å². The molecule has 0 saturated heterocycles. The molecule has 92 valence electrons. The van der Waals surface area contributed by atoms with Gasteiger partial charge in [-0.1, -0.05) is 11.8 Å². The van der Waals surface area contributed by atoms with Crippen LogP contribution in [0.1, 0.15) is 0 Å². The minimum Gasteiger partial charge on any atom is -0.370 e. The molecule has 6 nitrogen and oxygen atoms in total. The Kier molecular flexibility index (Phi) is 5.64. The minimum absolute atomic E-state index is 0.345. The first-order valence-corrected chi connectivity index (χ1v) is 4.83.